The van der Waals surface area contributed by atoms with E-state index < -0.39 is 5.97 Å². The summed E-state index contributed by atoms with van der Waals surface area (Å²) in [7, 11) is 0. The maximum absolute atomic E-state index is 11.6. The SMILES string of the molecule is CCCn1nccc1C1CC(C(C)C)CCC1C(=O)O. The zero-order valence-electron chi connectivity index (χ0n) is 12.7. The second kappa shape index (κ2) is 6.42. The standard InChI is InChI=1S/C16H26N2O2/c1-4-9-18-15(7-8-17-18)14-10-12(11(2)3)5-6-13(14)16(19)20/h7-8,11-14H,4-6,9-10H2,1-3H3,(H,19,20). The van der Waals surface area contributed by atoms with Gasteiger partial charge in [0.05, 0.1) is 5.92 Å². The first-order valence-electron chi connectivity index (χ1n) is 7.79. The molecule has 1 fully saturated rings. The van der Waals surface area contributed by atoms with Gasteiger partial charge in [0.25, 0.3) is 0 Å². The van der Waals surface area contributed by atoms with Crippen LogP contribution in [0.2, 0.25) is 0 Å². The fourth-order valence-electron chi connectivity index (χ4n) is 3.49. The van der Waals surface area contributed by atoms with Gasteiger partial charge in [-0.15, -0.1) is 0 Å². The van der Waals surface area contributed by atoms with E-state index in [2.05, 4.69) is 25.9 Å². The lowest BCUT2D eigenvalue weighted by Gasteiger charge is -2.36. The minimum Gasteiger partial charge on any atom is -0.481 e. The molecule has 0 bridgehead atoms. The second-order valence-corrected chi connectivity index (χ2v) is 6.35. The van der Waals surface area contributed by atoms with E-state index in [-0.39, 0.29) is 11.8 Å². The van der Waals surface area contributed by atoms with Gasteiger partial charge in [0.1, 0.15) is 0 Å². The molecule has 1 saturated carbocycles. The zero-order valence-corrected chi connectivity index (χ0v) is 12.7. The molecule has 0 amide bonds. The molecule has 1 aromatic rings. The number of aryl methyl sites for hydroxylation is 1. The highest BCUT2D eigenvalue weighted by Crippen LogP contribution is 2.43. The second-order valence-electron chi connectivity index (χ2n) is 6.35. The van der Waals surface area contributed by atoms with Crippen LogP contribution in [0.4, 0.5) is 0 Å². The van der Waals surface area contributed by atoms with E-state index in [0.717, 1.165) is 37.9 Å². The van der Waals surface area contributed by atoms with Gasteiger partial charge in [0.2, 0.25) is 0 Å². The maximum atomic E-state index is 11.6. The number of nitrogens with zero attached hydrogens (tertiary/aromatic N) is 2. The predicted octanol–water partition coefficient (Wildman–Crippen LogP) is 3.53. The largest absolute Gasteiger partial charge is 0.481 e. The third kappa shape index (κ3) is 3.05. The number of carboxylic acids is 1. The summed E-state index contributed by atoms with van der Waals surface area (Å²) in [6.07, 6.45) is 5.63. The molecule has 0 aromatic carbocycles. The average Bonchev–Trinajstić information content (AvgIpc) is 2.86. The molecule has 20 heavy (non-hydrogen) atoms. The summed E-state index contributed by atoms with van der Waals surface area (Å²) in [5.74, 6) is 0.455. The Balaban J connectivity index is 2.26. The van der Waals surface area contributed by atoms with Gasteiger partial charge in [-0.05, 0) is 43.6 Å². The summed E-state index contributed by atoms with van der Waals surface area (Å²) in [4.78, 5) is 11.6. The molecular weight excluding hydrogens is 252 g/mol. The van der Waals surface area contributed by atoms with Crippen molar-refractivity contribution in [3.05, 3.63) is 18.0 Å². The first-order chi connectivity index (χ1) is 9.54. The first-order valence-corrected chi connectivity index (χ1v) is 7.79. The molecule has 3 atom stereocenters. The van der Waals surface area contributed by atoms with Gasteiger partial charge < -0.3 is 5.11 Å². The van der Waals surface area contributed by atoms with Gasteiger partial charge in [0.15, 0.2) is 0 Å². The number of hydrogen-bond donors (Lipinski definition) is 1. The number of carbonyl (C=O) groups is 1. The van der Waals surface area contributed by atoms with Crippen LogP contribution in [0.5, 0.6) is 0 Å². The summed E-state index contributed by atoms with van der Waals surface area (Å²) in [6.45, 7) is 7.48. The van der Waals surface area contributed by atoms with Crippen LogP contribution >= 0.6 is 0 Å². The number of rotatable bonds is 5. The fraction of sp³-hybridized carbons (Fsp3) is 0.750. The van der Waals surface area contributed by atoms with Crippen LogP contribution in [-0.4, -0.2) is 20.9 Å². The molecule has 4 heteroatoms. The Morgan fingerprint density at radius 3 is 2.85 bits per heavy atom. The van der Waals surface area contributed by atoms with E-state index in [9.17, 15) is 9.90 Å². The van der Waals surface area contributed by atoms with Crippen LogP contribution in [-0.2, 0) is 11.3 Å². The van der Waals surface area contributed by atoms with Crippen LogP contribution < -0.4 is 0 Å². The number of carboxylic acid groups (broad SMARTS) is 1. The average molecular weight is 278 g/mol. The third-order valence-corrected chi connectivity index (χ3v) is 4.72. The van der Waals surface area contributed by atoms with Crippen LogP contribution in [0, 0.1) is 17.8 Å². The van der Waals surface area contributed by atoms with E-state index in [1.54, 1.807) is 0 Å². The highest BCUT2D eigenvalue weighted by atomic mass is 16.4. The molecule has 0 spiro atoms. The van der Waals surface area contributed by atoms with E-state index in [1.807, 2.05) is 16.9 Å². The van der Waals surface area contributed by atoms with Crippen molar-refractivity contribution >= 4 is 5.97 Å². The zero-order chi connectivity index (χ0) is 14.7. The van der Waals surface area contributed by atoms with Gasteiger partial charge in [0, 0.05) is 24.4 Å². The molecule has 0 radical (unpaired) electrons. The van der Waals surface area contributed by atoms with Gasteiger partial charge in [-0.25, -0.2) is 0 Å². The fourth-order valence-corrected chi connectivity index (χ4v) is 3.49. The summed E-state index contributed by atoms with van der Waals surface area (Å²) in [5, 5.41) is 13.9. The van der Waals surface area contributed by atoms with Crippen molar-refractivity contribution in [2.75, 3.05) is 0 Å². The van der Waals surface area contributed by atoms with Crippen molar-refractivity contribution in [3.63, 3.8) is 0 Å². The molecular formula is C16H26N2O2. The number of hydrogen-bond acceptors (Lipinski definition) is 2. The molecule has 1 aliphatic rings. The van der Waals surface area contributed by atoms with Crippen molar-refractivity contribution in [1.82, 2.24) is 9.78 Å². The molecule has 2 rings (SSSR count). The van der Waals surface area contributed by atoms with Crippen LogP contribution in [0.25, 0.3) is 0 Å². The molecule has 1 N–H and O–H groups in total. The van der Waals surface area contributed by atoms with Crippen molar-refractivity contribution in [2.24, 2.45) is 17.8 Å². The first kappa shape index (κ1) is 15.1. The lowest BCUT2D eigenvalue weighted by molar-refractivity contribution is -0.144. The van der Waals surface area contributed by atoms with E-state index in [4.69, 9.17) is 0 Å². The molecule has 0 aliphatic heterocycles. The van der Waals surface area contributed by atoms with E-state index in [0.29, 0.717) is 11.8 Å². The summed E-state index contributed by atoms with van der Waals surface area (Å²) >= 11 is 0. The Labute approximate surface area is 121 Å². The molecule has 3 unspecified atom stereocenters. The Morgan fingerprint density at radius 1 is 1.50 bits per heavy atom. The van der Waals surface area contributed by atoms with Gasteiger partial charge >= 0.3 is 5.97 Å². The molecule has 1 aromatic heterocycles. The summed E-state index contributed by atoms with van der Waals surface area (Å²) < 4.78 is 2.00. The molecule has 1 aliphatic carbocycles. The Bertz CT molecular complexity index is 453. The minimum atomic E-state index is -0.651. The van der Waals surface area contributed by atoms with Crippen molar-refractivity contribution in [1.29, 1.82) is 0 Å². The van der Waals surface area contributed by atoms with Crippen LogP contribution in [0.1, 0.15) is 58.1 Å². The molecule has 4 nitrogen and oxygen atoms in total. The monoisotopic (exact) mass is 278 g/mol. The van der Waals surface area contributed by atoms with Gasteiger partial charge in [-0.3, -0.25) is 9.48 Å². The number of aromatic nitrogens is 2. The molecule has 1 heterocycles. The highest BCUT2D eigenvalue weighted by Gasteiger charge is 2.38. The lowest BCUT2D eigenvalue weighted by Crippen LogP contribution is -2.32. The topological polar surface area (TPSA) is 55.1 Å². The highest BCUT2D eigenvalue weighted by molar-refractivity contribution is 5.71. The van der Waals surface area contributed by atoms with Crippen molar-refractivity contribution in [3.8, 4) is 0 Å². The quantitative estimate of drug-likeness (QED) is 0.896. The van der Waals surface area contributed by atoms with Gasteiger partial charge in [-0.2, -0.15) is 5.10 Å². The minimum absolute atomic E-state index is 0.114. The number of aliphatic carboxylic acids is 1. The predicted molar refractivity (Wildman–Crippen MR) is 78.6 cm³/mol. The summed E-state index contributed by atoms with van der Waals surface area (Å²) in [6, 6.07) is 2.01. The Hall–Kier alpha value is -1.32. The van der Waals surface area contributed by atoms with Gasteiger partial charge in [-0.1, -0.05) is 20.8 Å². The van der Waals surface area contributed by atoms with E-state index >= 15 is 0 Å². The van der Waals surface area contributed by atoms with Crippen molar-refractivity contribution < 1.29 is 9.90 Å². The van der Waals surface area contributed by atoms with Crippen LogP contribution in [0.15, 0.2) is 12.3 Å². The van der Waals surface area contributed by atoms with Crippen LogP contribution in [0.3, 0.4) is 0 Å². The molecule has 0 saturated heterocycles. The summed E-state index contributed by atoms with van der Waals surface area (Å²) in [5.41, 5.74) is 1.12. The maximum Gasteiger partial charge on any atom is 0.307 e. The normalized spacial score (nSPS) is 26.9. The smallest absolute Gasteiger partial charge is 0.307 e. The van der Waals surface area contributed by atoms with Crippen molar-refractivity contribution in [2.45, 2.75) is 58.9 Å². The van der Waals surface area contributed by atoms with E-state index in [1.165, 1.54) is 0 Å². The lowest BCUT2D eigenvalue weighted by atomic mass is 9.69. The molecule has 112 valence electrons. The Kier molecular flexibility index (Phi) is 4.84. The Morgan fingerprint density at radius 2 is 2.25 bits per heavy atom. The third-order valence-electron chi connectivity index (χ3n) is 4.72.